The van der Waals surface area contributed by atoms with Gasteiger partial charge in [0.15, 0.2) is 0 Å². The first-order chi connectivity index (χ1) is 8.96. The normalized spacial score (nSPS) is 18.6. The molecule has 0 amide bonds. The Morgan fingerprint density at radius 1 is 1.26 bits per heavy atom. The molecule has 0 aliphatic heterocycles. The smallest absolute Gasteiger partial charge is 0.216 e. The van der Waals surface area contributed by atoms with Gasteiger partial charge in [0.05, 0.1) is 5.75 Å². The SMILES string of the molecule is CC(NS(=O)(=O)Cc1ccc(N)cc1)C1CCCC1. The first kappa shape index (κ1) is 14.3. The minimum absolute atomic E-state index is 0.0182. The molecular weight excluding hydrogens is 260 g/mol. The minimum atomic E-state index is -3.27. The molecule has 5 heteroatoms. The third-order valence-electron chi connectivity index (χ3n) is 3.81. The molecule has 0 spiro atoms. The number of sulfonamides is 1. The van der Waals surface area contributed by atoms with Crippen molar-refractivity contribution in [1.82, 2.24) is 4.72 Å². The second kappa shape index (κ2) is 5.92. The quantitative estimate of drug-likeness (QED) is 0.814. The van der Waals surface area contributed by atoms with E-state index in [1.165, 1.54) is 12.8 Å². The van der Waals surface area contributed by atoms with Crippen LogP contribution in [0.3, 0.4) is 0 Å². The van der Waals surface area contributed by atoms with Crippen molar-refractivity contribution >= 4 is 15.7 Å². The standard InChI is InChI=1S/C14H22N2O2S/c1-11(13-4-2-3-5-13)16-19(17,18)10-12-6-8-14(15)9-7-12/h6-9,11,13,16H,2-5,10,15H2,1H3. The maximum absolute atomic E-state index is 12.1. The van der Waals surface area contributed by atoms with Crippen molar-refractivity contribution in [1.29, 1.82) is 0 Å². The van der Waals surface area contributed by atoms with Gasteiger partial charge in [0, 0.05) is 11.7 Å². The Balaban J connectivity index is 1.96. The van der Waals surface area contributed by atoms with Gasteiger partial charge in [-0.1, -0.05) is 25.0 Å². The Kier molecular flexibility index (Phi) is 4.47. The number of benzene rings is 1. The highest BCUT2D eigenvalue weighted by Crippen LogP contribution is 2.28. The molecule has 1 aliphatic carbocycles. The van der Waals surface area contributed by atoms with E-state index in [0.29, 0.717) is 11.6 Å². The van der Waals surface area contributed by atoms with E-state index in [1.807, 2.05) is 6.92 Å². The van der Waals surface area contributed by atoms with Crippen molar-refractivity contribution < 1.29 is 8.42 Å². The van der Waals surface area contributed by atoms with Gasteiger partial charge in [-0.05, 0) is 43.4 Å². The first-order valence-electron chi connectivity index (χ1n) is 6.81. The highest BCUT2D eigenvalue weighted by Gasteiger charge is 2.25. The summed E-state index contributed by atoms with van der Waals surface area (Å²) in [5.41, 5.74) is 7.00. The molecule has 1 aromatic carbocycles. The molecule has 0 saturated heterocycles. The molecule has 106 valence electrons. The summed E-state index contributed by atoms with van der Waals surface area (Å²) in [6, 6.07) is 7.00. The molecule has 3 N–H and O–H groups in total. The number of nitrogen functional groups attached to an aromatic ring is 1. The van der Waals surface area contributed by atoms with E-state index < -0.39 is 10.0 Å². The zero-order valence-electron chi connectivity index (χ0n) is 11.3. The summed E-state index contributed by atoms with van der Waals surface area (Å²) in [4.78, 5) is 0. The number of rotatable bonds is 5. The van der Waals surface area contributed by atoms with Crippen LogP contribution in [0.4, 0.5) is 5.69 Å². The highest BCUT2D eigenvalue weighted by atomic mass is 32.2. The lowest BCUT2D eigenvalue weighted by atomic mass is 10.0. The molecule has 0 radical (unpaired) electrons. The molecule has 0 aromatic heterocycles. The van der Waals surface area contributed by atoms with Gasteiger partial charge < -0.3 is 5.73 Å². The van der Waals surface area contributed by atoms with Crippen LogP contribution in [-0.4, -0.2) is 14.5 Å². The average Bonchev–Trinajstić information content (AvgIpc) is 2.85. The Morgan fingerprint density at radius 3 is 2.42 bits per heavy atom. The van der Waals surface area contributed by atoms with Crippen molar-refractivity contribution in [2.24, 2.45) is 5.92 Å². The lowest BCUT2D eigenvalue weighted by Gasteiger charge is -2.20. The van der Waals surface area contributed by atoms with Gasteiger partial charge in [0.1, 0.15) is 0 Å². The molecule has 1 atom stereocenters. The maximum Gasteiger partial charge on any atom is 0.216 e. The summed E-state index contributed by atoms with van der Waals surface area (Å²) < 4.78 is 27.0. The molecule has 4 nitrogen and oxygen atoms in total. The molecule has 0 bridgehead atoms. The third kappa shape index (κ3) is 4.21. The summed E-state index contributed by atoms with van der Waals surface area (Å²) >= 11 is 0. The fourth-order valence-electron chi connectivity index (χ4n) is 2.71. The Bertz CT molecular complexity index is 505. The van der Waals surface area contributed by atoms with Crippen molar-refractivity contribution in [2.45, 2.75) is 44.4 Å². The van der Waals surface area contributed by atoms with Gasteiger partial charge in [0.2, 0.25) is 10.0 Å². The predicted octanol–water partition coefficient (Wildman–Crippen LogP) is 2.27. The molecule has 1 fully saturated rings. The summed E-state index contributed by atoms with van der Waals surface area (Å²) in [5, 5.41) is 0. The summed E-state index contributed by atoms with van der Waals surface area (Å²) in [5.74, 6) is 0.505. The van der Waals surface area contributed by atoms with Crippen molar-refractivity contribution in [3.63, 3.8) is 0 Å². The maximum atomic E-state index is 12.1. The monoisotopic (exact) mass is 282 g/mol. The minimum Gasteiger partial charge on any atom is -0.399 e. The topological polar surface area (TPSA) is 72.2 Å². The number of hydrogen-bond acceptors (Lipinski definition) is 3. The second-order valence-corrected chi connectivity index (χ2v) is 7.21. The van der Waals surface area contributed by atoms with Crippen LogP contribution in [0.5, 0.6) is 0 Å². The fraction of sp³-hybridized carbons (Fsp3) is 0.571. The largest absolute Gasteiger partial charge is 0.399 e. The highest BCUT2D eigenvalue weighted by molar-refractivity contribution is 7.88. The van der Waals surface area contributed by atoms with Crippen molar-refractivity contribution in [3.05, 3.63) is 29.8 Å². The van der Waals surface area contributed by atoms with E-state index in [-0.39, 0.29) is 11.8 Å². The first-order valence-corrected chi connectivity index (χ1v) is 8.46. The molecule has 1 saturated carbocycles. The third-order valence-corrected chi connectivity index (χ3v) is 5.25. The van der Waals surface area contributed by atoms with Crippen molar-refractivity contribution in [2.75, 3.05) is 5.73 Å². The van der Waals surface area contributed by atoms with E-state index in [1.54, 1.807) is 24.3 Å². The summed E-state index contributed by atoms with van der Waals surface area (Å²) in [7, 11) is -3.27. The van der Waals surface area contributed by atoms with Crippen LogP contribution in [0, 0.1) is 5.92 Å². The molecule has 2 rings (SSSR count). The van der Waals surface area contributed by atoms with Crippen LogP contribution in [0.25, 0.3) is 0 Å². The molecule has 0 heterocycles. The summed E-state index contributed by atoms with van der Waals surface area (Å²) in [6.45, 7) is 1.97. The Morgan fingerprint density at radius 2 is 1.84 bits per heavy atom. The Hall–Kier alpha value is -1.07. The fourth-order valence-corrected chi connectivity index (χ4v) is 4.19. The van der Waals surface area contributed by atoms with E-state index in [2.05, 4.69) is 4.72 Å². The predicted molar refractivity (Wildman–Crippen MR) is 78.0 cm³/mol. The molecule has 1 aromatic rings. The van der Waals surface area contributed by atoms with Gasteiger partial charge in [-0.15, -0.1) is 0 Å². The van der Waals surface area contributed by atoms with E-state index >= 15 is 0 Å². The zero-order valence-corrected chi connectivity index (χ0v) is 12.1. The second-order valence-electron chi connectivity index (χ2n) is 5.45. The molecule has 19 heavy (non-hydrogen) atoms. The number of hydrogen-bond donors (Lipinski definition) is 2. The molecule has 1 aliphatic rings. The van der Waals surface area contributed by atoms with Gasteiger partial charge in [-0.2, -0.15) is 0 Å². The van der Waals surface area contributed by atoms with Crippen LogP contribution >= 0.6 is 0 Å². The van der Waals surface area contributed by atoms with E-state index in [4.69, 9.17) is 5.73 Å². The van der Waals surface area contributed by atoms with Crippen LogP contribution in [0.2, 0.25) is 0 Å². The lowest BCUT2D eigenvalue weighted by molar-refractivity contribution is 0.424. The van der Waals surface area contributed by atoms with E-state index in [0.717, 1.165) is 18.4 Å². The van der Waals surface area contributed by atoms with E-state index in [9.17, 15) is 8.42 Å². The van der Waals surface area contributed by atoms with Gasteiger partial charge in [-0.3, -0.25) is 0 Å². The van der Waals surface area contributed by atoms with Gasteiger partial charge in [-0.25, -0.2) is 13.1 Å². The van der Waals surface area contributed by atoms with Gasteiger partial charge in [0.25, 0.3) is 0 Å². The van der Waals surface area contributed by atoms with Crippen molar-refractivity contribution in [3.8, 4) is 0 Å². The number of anilines is 1. The van der Waals surface area contributed by atoms with Crippen LogP contribution in [0.1, 0.15) is 38.2 Å². The van der Waals surface area contributed by atoms with Gasteiger partial charge >= 0.3 is 0 Å². The lowest BCUT2D eigenvalue weighted by Crippen LogP contribution is -2.37. The van der Waals surface area contributed by atoms with Crippen LogP contribution < -0.4 is 10.5 Å². The summed E-state index contributed by atoms with van der Waals surface area (Å²) in [6.07, 6.45) is 4.69. The number of nitrogens with two attached hydrogens (primary N) is 1. The zero-order chi connectivity index (χ0) is 13.9. The molecule has 1 unspecified atom stereocenters. The Labute approximate surface area is 115 Å². The average molecular weight is 282 g/mol. The van der Waals surface area contributed by atoms with Crippen LogP contribution in [-0.2, 0) is 15.8 Å². The molecular formula is C14H22N2O2S. The van der Waals surface area contributed by atoms with Crippen LogP contribution in [0.15, 0.2) is 24.3 Å². The number of nitrogens with one attached hydrogen (secondary N) is 1.